The first-order valence-corrected chi connectivity index (χ1v) is 4.15. The van der Waals surface area contributed by atoms with Crippen LogP contribution in [0.25, 0.3) is 0 Å². The Morgan fingerprint density at radius 2 is 2.56 bits per heavy atom. The summed E-state index contributed by atoms with van der Waals surface area (Å²) in [5.74, 6) is 1.15. The standard InChI is InChI=1S/C7H11NS/c1-3-4-7-8-6(2)5-9-7/h3-4,6H,5H2,1-2H3/b4-3+. The van der Waals surface area contributed by atoms with Crippen molar-refractivity contribution in [1.82, 2.24) is 0 Å². The Morgan fingerprint density at radius 3 is 3.00 bits per heavy atom. The van der Waals surface area contributed by atoms with Crippen LogP contribution in [0.1, 0.15) is 13.8 Å². The number of nitrogens with zero attached hydrogens (tertiary/aromatic N) is 1. The molecule has 0 spiro atoms. The summed E-state index contributed by atoms with van der Waals surface area (Å²) in [6.07, 6.45) is 4.10. The summed E-state index contributed by atoms with van der Waals surface area (Å²) in [5, 5.41) is 1.19. The van der Waals surface area contributed by atoms with Crippen LogP contribution < -0.4 is 0 Å². The van der Waals surface area contributed by atoms with E-state index in [-0.39, 0.29) is 0 Å². The van der Waals surface area contributed by atoms with Crippen LogP contribution in [0.3, 0.4) is 0 Å². The minimum atomic E-state index is 0.529. The number of rotatable bonds is 1. The van der Waals surface area contributed by atoms with E-state index < -0.39 is 0 Å². The lowest BCUT2D eigenvalue weighted by atomic mass is 10.4. The molecule has 0 amide bonds. The summed E-state index contributed by atoms with van der Waals surface area (Å²) < 4.78 is 0. The van der Waals surface area contributed by atoms with Crippen LogP contribution in [0.5, 0.6) is 0 Å². The first-order chi connectivity index (χ1) is 4.33. The second kappa shape index (κ2) is 3.06. The molecule has 0 aliphatic carbocycles. The van der Waals surface area contributed by atoms with Crippen LogP contribution in [-0.4, -0.2) is 16.8 Å². The number of hydrogen-bond donors (Lipinski definition) is 0. The van der Waals surface area contributed by atoms with Crippen molar-refractivity contribution < 1.29 is 0 Å². The van der Waals surface area contributed by atoms with Gasteiger partial charge in [0, 0.05) is 5.75 Å². The van der Waals surface area contributed by atoms with Gasteiger partial charge in [0.1, 0.15) is 0 Å². The SMILES string of the molecule is C/C=C/C1=NC(C)CS1. The van der Waals surface area contributed by atoms with E-state index in [0.717, 1.165) is 5.75 Å². The minimum absolute atomic E-state index is 0.529. The molecule has 2 heteroatoms. The monoisotopic (exact) mass is 141 g/mol. The summed E-state index contributed by atoms with van der Waals surface area (Å²) in [6, 6.07) is 0.529. The quantitative estimate of drug-likeness (QED) is 0.544. The minimum Gasteiger partial charge on any atom is -0.275 e. The first kappa shape index (κ1) is 6.87. The molecule has 0 aromatic carbocycles. The van der Waals surface area contributed by atoms with Crippen LogP contribution in [0, 0.1) is 0 Å². The lowest BCUT2D eigenvalue weighted by molar-refractivity contribution is 0.866. The van der Waals surface area contributed by atoms with E-state index in [2.05, 4.69) is 18.0 Å². The van der Waals surface area contributed by atoms with Gasteiger partial charge in [-0.3, -0.25) is 4.99 Å². The topological polar surface area (TPSA) is 12.4 Å². The van der Waals surface area contributed by atoms with Gasteiger partial charge in [-0.15, -0.1) is 11.8 Å². The van der Waals surface area contributed by atoms with Gasteiger partial charge >= 0.3 is 0 Å². The van der Waals surface area contributed by atoms with Gasteiger partial charge in [0.15, 0.2) is 0 Å². The van der Waals surface area contributed by atoms with Crippen LogP contribution in [-0.2, 0) is 0 Å². The number of hydrogen-bond acceptors (Lipinski definition) is 2. The molecule has 0 radical (unpaired) electrons. The van der Waals surface area contributed by atoms with E-state index >= 15 is 0 Å². The van der Waals surface area contributed by atoms with Crippen molar-refractivity contribution in [2.45, 2.75) is 19.9 Å². The molecule has 1 heterocycles. The summed E-state index contributed by atoms with van der Waals surface area (Å²) in [4.78, 5) is 4.37. The predicted octanol–water partition coefficient (Wildman–Crippen LogP) is 2.10. The zero-order valence-electron chi connectivity index (χ0n) is 5.79. The molecule has 1 aliphatic heterocycles. The molecular weight excluding hydrogens is 130 g/mol. The normalized spacial score (nSPS) is 27.3. The fourth-order valence-corrected chi connectivity index (χ4v) is 1.70. The second-order valence-corrected chi connectivity index (χ2v) is 3.17. The Morgan fingerprint density at radius 1 is 1.78 bits per heavy atom. The van der Waals surface area contributed by atoms with Crippen LogP contribution >= 0.6 is 11.8 Å². The molecule has 0 N–H and O–H groups in total. The molecule has 0 saturated carbocycles. The zero-order chi connectivity index (χ0) is 6.69. The molecule has 1 rings (SSSR count). The van der Waals surface area contributed by atoms with Gasteiger partial charge in [0.2, 0.25) is 0 Å². The average molecular weight is 141 g/mol. The van der Waals surface area contributed by atoms with Gasteiger partial charge in [0.25, 0.3) is 0 Å². The molecule has 0 saturated heterocycles. The van der Waals surface area contributed by atoms with Gasteiger partial charge in [-0.05, 0) is 19.9 Å². The third kappa shape index (κ3) is 1.86. The molecule has 0 aromatic rings. The lowest BCUT2D eigenvalue weighted by Crippen LogP contribution is -1.92. The molecule has 9 heavy (non-hydrogen) atoms. The highest BCUT2D eigenvalue weighted by molar-refractivity contribution is 8.14. The molecule has 1 aliphatic rings. The fraction of sp³-hybridized carbons (Fsp3) is 0.571. The Hall–Kier alpha value is -0.240. The fourth-order valence-electron chi connectivity index (χ4n) is 0.731. The molecule has 0 fully saturated rings. The Bertz CT molecular complexity index is 149. The van der Waals surface area contributed by atoms with Crippen molar-refractivity contribution in [3.8, 4) is 0 Å². The van der Waals surface area contributed by atoms with E-state index in [4.69, 9.17) is 0 Å². The summed E-state index contributed by atoms with van der Waals surface area (Å²) >= 11 is 1.84. The maximum Gasteiger partial charge on any atom is 0.0905 e. The molecule has 0 aromatic heterocycles. The molecule has 1 atom stereocenters. The summed E-state index contributed by atoms with van der Waals surface area (Å²) in [7, 11) is 0. The smallest absolute Gasteiger partial charge is 0.0905 e. The average Bonchev–Trinajstić information content (AvgIpc) is 2.17. The van der Waals surface area contributed by atoms with E-state index in [0.29, 0.717) is 6.04 Å². The van der Waals surface area contributed by atoms with Crippen LogP contribution in [0.4, 0.5) is 0 Å². The van der Waals surface area contributed by atoms with Gasteiger partial charge in [0.05, 0.1) is 11.1 Å². The van der Waals surface area contributed by atoms with Gasteiger partial charge in [-0.1, -0.05) is 6.08 Å². The van der Waals surface area contributed by atoms with Crippen molar-refractivity contribution in [3.05, 3.63) is 12.2 Å². The number of aliphatic imine (C=N–C) groups is 1. The molecule has 0 bridgehead atoms. The maximum absolute atomic E-state index is 4.37. The zero-order valence-corrected chi connectivity index (χ0v) is 6.61. The molecule has 1 unspecified atom stereocenters. The van der Waals surface area contributed by atoms with E-state index in [1.807, 2.05) is 24.8 Å². The molecule has 50 valence electrons. The van der Waals surface area contributed by atoms with Crippen LogP contribution in [0.2, 0.25) is 0 Å². The highest BCUT2D eigenvalue weighted by Crippen LogP contribution is 2.17. The molecular formula is C7H11NS. The Balaban J connectivity index is 2.52. The van der Waals surface area contributed by atoms with Gasteiger partial charge in [-0.25, -0.2) is 0 Å². The maximum atomic E-state index is 4.37. The largest absolute Gasteiger partial charge is 0.275 e. The van der Waals surface area contributed by atoms with E-state index in [1.165, 1.54) is 5.04 Å². The molecule has 1 nitrogen and oxygen atoms in total. The second-order valence-electron chi connectivity index (χ2n) is 2.13. The first-order valence-electron chi connectivity index (χ1n) is 3.16. The number of allylic oxidation sites excluding steroid dienone is 1. The highest BCUT2D eigenvalue weighted by Gasteiger charge is 2.09. The van der Waals surface area contributed by atoms with Crippen molar-refractivity contribution in [2.24, 2.45) is 4.99 Å². The van der Waals surface area contributed by atoms with Crippen molar-refractivity contribution in [2.75, 3.05) is 5.75 Å². The van der Waals surface area contributed by atoms with Crippen molar-refractivity contribution in [3.63, 3.8) is 0 Å². The Labute approximate surface area is 60.3 Å². The Kier molecular flexibility index (Phi) is 2.34. The van der Waals surface area contributed by atoms with E-state index in [9.17, 15) is 0 Å². The summed E-state index contributed by atoms with van der Waals surface area (Å²) in [6.45, 7) is 4.16. The highest BCUT2D eigenvalue weighted by atomic mass is 32.2. The van der Waals surface area contributed by atoms with Crippen molar-refractivity contribution in [1.29, 1.82) is 0 Å². The third-order valence-corrected chi connectivity index (χ3v) is 2.32. The van der Waals surface area contributed by atoms with Crippen LogP contribution in [0.15, 0.2) is 17.1 Å². The van der Waals surface area contributed by atoms with Gasteiger partial charge in [-0.2, -0.15) is 0 Å². The summed E-state index contributed by atoms with van der Waals surface area (Å²) in [5.41, 5.74) is 0. The number of thioether (sulfide) groups is 1. The third-order valence-electron chi connectivity index (χ3n) is 1.13. The predicted molar refractivity (Wildman–Crippen MR) is 44.2 cm³/mol. The van der Waals surface area contributed by atoms with Crippen molar-refractivity contribution >= 4 is 16.8 Å². The van der Waals surface area contributed by atoms with E-state index in [1.54, 1.807) is 0 Å². The van der Waals surface area contributed by atoms with Gasteiger partial charge < -0.3 is 0 Å². The lowest BCUT2D eigenvalue weighted by Gasteiger charge is -1.87.